The van der Waals surface area contributed by atoms with Crippen LogP contribution < -0.4 is 10.1 Å². The number of ketones is 1. The van der Waals surface area contributed by atoms with Crippen LogP contribution >= 0.6 is 11.8 Å². The van der Waals surface area contributed by atoms with Gasteiger partial charge in [-0.2, -0.15) is 8.78 Å². The number of benzene rings is 3. The summed E-state index contributed by atoms with van der Waals surface area (Å²) < 4.78 is 35.4. The van der Waals surface area contributed by atoms with Gasteiger partial charge in [0.2, 0.25) is 0 Å². The topological polar surface area (TPSA) is 81.7 Å². The van der Waals surface area contributed by atoms with Crippen LogP contribution in [0, 0.1) is 0 Å². The number of carbonyl (C=O) groups excluding carboxylic acids is 3. The fourth-order valence-corrected chi connectivity index (χ4v) is 3.34. The van der Waals surface area contributed by atoms with Gasteiger partial charge < -0.3 is 14.8 Å². The van der Waals surface area contributed by atoms with E-state index in [9.17, 15) is 23.2 Å². The number of rotatable bonds is 10. The summed E-state index contributed by atoms with van der Waals surface area (Å²) in [6.07, 6.45) is 0. The fraction of sp³-hybridized carbons (Fsp3) is 0.125. The molecule has 0 unspecified atom stereocenters. The van der Waals surface area contributed by atoms with Crippen LogP contribution in [-0.4, -0.2) is 36.6 Å². The van der Waals surface area contributed by atoms with E-state index in [1.807, 2.05) is 6.07 Å². The van der Waals surface area contributed by atoms with Gasteiger partial charge >= 0.3 is 5.97 Å². The highest BCUT2D eigenvalue weighted by molar-refractivity contribution is 7.99. The highest BCUT2D eigenvalue weighted by Gasteiger charge is 2.14. The van der Waals surface area contributed by atoms with E-state index in [1.54, 1.807) is 60.7 Å². The number of halogens is 2. The third-order valence-electron chi connectivity index (χ3n) is 4.25. The number of hydrogen-bond acceptors (Lipinski definition) is 6. The SMILES string of the molecule is O=C(COC(=O)COc1ccc(C(=O)c2ccccc2)cc1)Nc1ccccc1SC(F)F. The molecule has 0 spiro atoms. The summed E-state index contributed by atoms with van der Waals surface area (Å²) in [6, 6.07) is 21.1. The van der Waals surface area contributed by atoms with Gasteiger partial charge in [0.25, 0.3) is 11.7 Å². The van der Waals surface area contributed by atoms with Crippen molar-refractivity contribution in [1.82, 2.24) is 0 Å². The average molecular weight is 471 g/mol. The van der Waals surface area contributed by atoms with Crippen LogP contribution in [-0.2, 0) is 14.3 Å². The highest BCUT2D eigenvalue weighted by Crippen LogP contribution is 2.31. The molecule has 1 N–H and O–H groups in total. The number of para-hydroxylation sites is 1. The summed E-state index contributed by atoms with van der Waals surface area (Å²) in [4.78, 5) is 36.4. The summed E-state index contributed by atoms with van der Waals surface area (Å²) in [5, 5.41) is 2.43. The predicted molar refractivity (Wildman–Crippen MR) is 120 cm³/mol. The molecule has 0 saturated carbocycles. The van der Waals surface area contributed by atoms with E-state index in [4.69, 9.17) is 9.47 Å². The lowest BCUT2D eigenvalue weighted by Gasteiger charge is -2.11. The summed E-state index contributed by atoms with van der Waals surface area (Å²) in [6.45, 7) is -1.04. The largest absolute Gasteiger partial charge is 0.482 e. The lowest BCUT2D eigenvalue weighted by Crippen LogP contribution is -2.23. The van der Waals surface area contributed by atoms with Crippen molar-refractivity contribution < 1.29 is 32.6 Å². The molecule has 33 heavy (non-hydrogen) atoms. The predicted octanol–water partition coefficient (Wildman–Crippen LogP) is 4.79. The second kappa shape index (κ2) is 11.8. The average Bonchev–Trinajstić information content (AvgIpc) is 2.83. The molecule has 1 amide bonds. The number of amides is 1. The Morgan fingerprint density at radius 2 is 1.45 bits per heavy atom. The molecule has 170 valence electrons. The molecule has 0 radical (unpaired) electrons. The number of thioether (sulfide) groups is 1. The van der Waals surface area contributed by atoms with E-state index in [2.05, 4.69) is 5.32 Å². The van der Waals surface area contributed by atoms with Crippen LogP contribution in [0.4, 0.5) is 14.5 Å². The Kier molecular flexibility index (Phi) is 8.54. The number of ether oxygens (including phenoxy) is 2. The zero-order chi connectivity index (χ0) is 23.6. The van der Waals surface area contributed by atoms with Gasteiger partial charge in [-0.3, -0.25) is 9.59 Å². The van der Waals surface area contributed by atoms with Gasteiger partial charge in [-0.1, -0.05) is 54.2 Å². The first-order chi connectivity index (χ1) is 15.9. The van der Waals surface area contributed by atoms with Crippen molar-refractivity contribution in [2.45, 2.75) is 10.7 Å². The van der Waals surface area contributed by atoms with Crippen LogP contribution in [0.5, 0.6) is 5.75 Å². The van der Waals surface area contributed by atoms with E-state index in [0.717, 1.165) is 0 Å². The van der Waals surface area contributed by atoms with Crippen molar-refractivity contribution >= 4 is 35.1 Å². The number of esters is 1. The molecule has 9 heteroatoms. The molecule has 0 saturated heterocycles. The fourth-order valence-electron chi connectivity index (χ4n) is 2.74. The molecule has 0 atom stereocenters. The standard InChI is InChI=1S/C24H19F2NO5S/c25-24(26)33-20-9-5-4-8-19(20)27-21(28)14-32-22(29)15-31-18-12-10-17(11-13-18)23(30)16-6-2-1-3-7-16/h1-13,24H,14-15H2,(H,27,28). The van der Waals surface area contributed by atoms with Gasteiger partial charge in [0, 0.05) is 16.0 Å². The zero-order valence-electron chi connectivity index (χ0n) is 17.2. The van der Waals surface area contributed by atoms with Crippen LogP contribution in [0.25, 0.3) is 0 Å². The summed E-state index contributed by atoms with van der Waals surface area (Å²) >= 11 is 0.302. The van der Waals surface area contributed by atoms with E-state index in [1.165, 1.54) is 12.1 Å². The van der Waals surface area contributed by atoms with Gasteiger partial charge in [0.15, 0.2) is 19.0 Å². The van der Waals surface area contributed by atoms with Gasteiger partial charge in [0.1, 0.15) is 5.75 Å². The Bertz CT molecular complexity index is 1110. The van der Waals surface area contributed by atoms with Gasteiger partial charge in [0.05, 0.1) is 5.69 Å². The molecule has 3 rings (SSSR count). The van der Waals surface area contributed by atoms with Crippen molar-refractivity contribution in [3.8, 4) is 5.75 Å². The van der Waals surface area contributed by atoms with E-state index < -0.39 is 30.8 Å². The lowest BCUT2D eigenvalue weighted by atomic mass is 10.0. The number of carbonyl (C=O) groups is 3. The first-order valence-corrected chi connectivity index (χ1v) is 10.6. The van der Waals surface area contributed by atoms with E-state index in [0.29, 0.717) is 28.6 Å². The molecule has 0 aromatic heterocycles. The van der Waals surface area contributed by atoms with Gasteiger partial charge in [-0.25, -0.2) is 4.79 Å². The van der Waals surface area contributed by atoms with Crippen molar-refractivity contribution in [3.05, 3.63) is 90.0 Å². The molecule has 0 aliphatic carbocycles. The van der Waals surface area contributed by atoms with Gasteiger partial charge in [-0.05, 0) is 36.4 Å². The third kappa shape index (κ3) is 7.43. The molecule has 0 aliphatic rings. The quantitative estimate of drug-likeness (QED) is 0.260. The molecule has 3 aromatic carbocycles. The van der Waals surface area contributed by atoms with Crippen molar-refractivity contribution in [3.63, 3.8) is 0 Å². The number of nitrogens with one attached hydrogen (secondary N) is 1. The van der Waals surface area contributed by atoms with Crippen molar-refractivity contribution in [2.24, 2.45) is 0 Å². The molecule has 3 aromatic rings. The Balaban J connectivity index is 1.44. The van der Waals surface area contributed by atoms with Crippen LogP contribution in [0.15, 0.2) is 83.8 Å². The molecule has 0 bridgehead atoms. The Morgan fingerprint density at radius 3 is 2.15 bits per heavy atom. The second-order valence-electron chi connectivity index (χ2n) is 6.59. The minimum absolute atomic E-state index is 0.138. The second-order valence-corrected chi connectivity index (χ2v) is 7.62. The minimum atomic E-state index is -2.64. The maximum atomic E-state index is 12.6. The summed E-state index contributed by atoms with van der Waals surface area (Å²) in [7, 11) is 0. The summed E-state index contributed by atoms with van der Waals surface area (Å²) in [5.74, 6) is -3.89. The molecule has 6 nitrogen and oxygen atoms in total. The smallest absolute Gasteiger partial charge is 0.344 e. The first-order valence-electron chi connectivity index (χ1n) is 9.74. The highest BCUT2D eigenvalue weighted by atomic mass is 32.2. The molecule has 0 aliphatic heterocycles. The van der Waals surface area contributed by atoms with Gasteiger partial charge in [-0.15, -0.1) is 0 Å². The van der Waals surface area contributed by atoms with Crippen molar-refractivity contribution in [1.29, 1.82) is 0 Å². The maximum absolute atomic E-state index is 12.6. The van der Waals surface area contributed by atoms with E-state index >= 15 is 0 Å². The van der Waals surface area contributed by atoms with Crippen molar-refractivity contribution in [2.75, 3.05) is 18.5 Å². The van der Waals surface area contributed by atoms with Crippen LogP contribution in [0.1, 0.15) is 15.9 Å². The third-order valence-corrected chi connectivity index (χ3v) is 5.04. The van der Waals surface area contributed by atoms with Crippen LogP contribution in [0.2, 0.25) is 0 Å². The zero-order valence-corrected chi connectivity index (χ0v) is 18.0. The van der Waals surface area contributed by atoms with E-state index in [-0.39, 0.29) is 16.4 Å². The Morgan fingerprint density at radius 1 is 0.818 bits per heavy atom. The number of anilines is 1. The summed E-state index contributed by atoms with van der Waals surface area (Å²) in [5.41, 5.74) is 1.23. The molecular weight excluding hydrogens is 452 g/mol. The first kappa shape index (κ1) is 23.9. The van der Waals surface area contributed by atoms with Crippen LogP contribution in [0.3, 0.4) is 0 Å². The Hall–Kier alpha value is -3.72. The minimum Gasteiger partial charge on any atom is -0.482 e. The number of alkyl halides is 2. The molecular formula is C24H19F2NO5S. The Labute approximate surface area is 192 Å². The molecule has 0 fully saturated rings. The normalized spacial score (nSPS) is 10.5. The lowest BCUT2D eigenvalue weighted by molar-refractivity contribution is -0.149. The molecule has 0 heterocycles. The maximum Gasteiger partial charge on any atom is 0.344 e. The monoisotopic (exact) mass is 471 g/mol. The number of hydrogen-bond donors (Lipinski definition) is 1.